The van der Waals surface area contributed by atoms with Gasteiger partial charge < -0.3 is 15.2 Å². The van der Waals surface area contributed by atoms with E-state index >= 15 is 0 Å². The minimum atomic E-state index is -0.429. The number of hydrogen-bond donors (Lipinski definition) is 2. The molecule has 2 heterocycles. The van der Waals surface area contributed by atoms with Crippen LogP contribution in [0.2, 0.25) is 5.02 Å². The molecule has 0 aliphatic carbocycles. The van der Waals surface area contributed by atoms with Crippen LogP contribution in [0.15, 0.2) is 89.1 Å². The lowest BCUT2D eigenvalue weighted by molar-refractivity contribution is -0.115. The first-order chi connectivity index (χ1) is 16.1. The average molecular weight is 460 g/mol. The zero-order valence-electron chi connectivity index (χ0n) is 18.0. The number of halogens is 1. The highest BCUT2D eigenvalue weighted by atomic mass is 35.5. The number of methoxy groups -OCH3 is 1. The van der Waals surface area contributed by atoms with Gasteiger partial charge in [0.25, 0.3) is 5.91 Å². The van der Waals surface area contributed by atoms with Crippen LogP contribution in [0.5, 0.6) is 11.5 Å². The Kier molecular flexibility index (Phi) is 5.52. The summed E-state index contributed by atoms with van der Waals surface area (Å²) in [7, 11) is 1.61. The van der Waals surface area contributed by atoms with E-state index < -0.39 is 6.04 Å². The van der Waals surface area contributed by atoms with Crippen LogP contribution in [0, 0.1) is 0 Å². The van der Waals surface area contributed by atoms with E-state index in [-0.39, 0.29) is 11.7 Å². The lowest BCUT2D eigenvalue weighted by Gasteiger charge is -2.28. The molecule has 2 aliphatic rings. The van der Waals surface area contributed by atoms with Crippen LogP contribution in [0.4, 0.5) is 5.69 Å². The van der Waals surface area contributed by atoms with Crippen LogP contribution in [0.3, 0.4) is 0 Å². The number of benzene rings is 3. The fourth-order valence-electron chi connectivity index (χ4n) is 4.31. The highest BCUT2D eigenvalue weighted by Gasteiger charge is 2.44. The molecule has 6 nitrogen and oxygen atoms in total. The van der Waals surface area contributed by atoms with Gasteiger partial charge in [0.2, 0.25) is 0 Å². The predicted octanol–water partition coefficient (Wildman–Crippen LogP) is 4.49. The molecule has 3 aromatic rings. The number of anilines is 1. The molecule has 0 saturated carbocycles. The Bertz CT molecular complexity index is 1250. The van der Waals surface area contributed by atoms with Gasteiger partial charge in [-0.05, 0) is 54.1 Å². The third-order valence-corrected chi connectivity index (χ3v) is 6.10. The van der Waals surface area contributed by atoms with E-state index in [4.69, 9.17) is 21.3 Å². The molecule has 1 amide bonds. The Morgan fingerprint density at radius 2 is 1.73 bits per heavy atom. The maximum Gasteiger partial charge on any atom is 0.275 e. The van der Waals surface area contributed by atoms with Crippen molar-refractivity contribution in [1.82, 2.24) is 5.32 Å². The molecule has 2 N–H and O–H groups in total. The first-order valence-electron chi connectivity index (χ1n) is 10.6. The second kappa shape index (κ2) is 8.64. The zero-order chi connectivity index (χ0) is 22.9. The zero-order valence-corrected chi connectivity index (χ0v) is 18.7. The van der Waals surface area contributed by atoms with Crippen molar-refractivity contribution in [3.05, 3.63) is 100 Å². The molecule has 0 aromatic heterocycles. The number of carbonyl (C=O) groups is 1. The first kappa shape index (κ1) is 21.1. The van der Waals surface area contributed by atoms with Gasteiger partial charge >= 0.3 is 0 Å². The molecule has 0 spiro atoms. The van der Waals surface area contributed by atoms with Crippen LogP contribution in [-0.2, 0) is 4.79 Å². The SMILES string of the molecule is COc1ccc(N2C(=O)C3=C(C(c4ccc(Cl)cc4)=NCCN3)[C@H]2c2ccc(O)cc2)cc1. The van der Waals surface area contributed by atoms with Crippen LogP contribution in [0.25, 0.3) is 0 Å². The van der Waals surface area contributed by atoms with Gasteiger partial charge in [-0.3, -0.25) is 14.7 Å². The predicted molar refractivity (Wildman–Crippen MR) is 129 cm³/mol. The number of nitrogens with zero attached hydrogens (tertiary/aromatic N) is 2. The number of aliphatic imine (C=N–C) groups is 1. The van der Waals surface area contributed by atoms with Crippen molar-refractivity contribution < 1.29 is 14.6 Å². The fourth-order valence-corrected chi connectivity index (χ4v) is 4.43. The topological polar surface area (TPSA) is 74.2 Å². The molecule has 166 valence electrons. The van der Waals surface area contributed by atoms with Crippen molar-refractivity contribution >= 4 is 28.9 Å². The first-order valence-corrected chi connectivity index (χ1v) is 11.0. The van der Waals surface area contributed by atoms with Gasteiger partial charge in [0.15, 0.2) is 0 Å². The standard InChI is InChI=1S/C26H22ClN3O3/c1-33-21-12-8-19(9-13-21)30-25(17-4-10-20(31)11-5-17)22-23(16-2-6-18(27)7-3-16)28-14-15-29-24(22)26(30)32/h2-13,25,29,31H,14-15H2,1H3/t25-/m1/s1. The third kappa shape index (κ3) is 3.83. The minimum Gasteiger partial charge on any atom is -0.508 e. The van der Waals surface area contributed by atoms with Gasteiger partial charge in [0.05, 0.1) is 25.4 Å². The van der Waals surface area contributed by atoms with Crippen molar-refractivity contribution in [3.63, 3.8) is 0 Å². The van der Waals surface area contributed by atoms with Gasteiger partial charge in [0, 0.05) is 28.4 Å². The molecular formula is C26H22ClN3O3. The molecule has 1 atom stereocenters. The van der Waals surface area contributed by atoms with E-state index in [1.165, 1.54) is 0 Å². The number of amides is 1. The molecule has 33 heavy (non-hydrogen) atoms. The Morgan fingerprint density at radius 1 is 1.03 bits per heavy atom. The monoisotopic (exact) mass is 459 g/mol. The number of phenolic OH excluding ortho intramolecular Hbond substituents is 1. The number of hydrogen-bond acceptors (Lipinski definition) is 5. The normalized spacial score (nSPS) is 17.9. The van der Waals surface area contributed by atoms with Crippen LogP contribution >= 0.6 is 11.6 Å². The molecule has 5 rings (SSSR count). The van der Waals surface area contributed by atoms with Gasteiger partial charge in [-0.1, -0.05) is 35.9 Å². The summed E-state index contributed by atoms with van der Waals surface area (Å²) in [6.07, 6.45) is 0. The van der Waals surface area contributed by atoms with Gasteiger partial charge in [-0.2, -0.15) is 0 Å². The second-order valence-electron chi connectivity index (χ2n) is 7.82. The Hall–Kier alpha value is -3.77. The van der Waals surface area contributed by atoms with Crippen molar-refractivity contribution in [2.24, 2.45) is 4.99 Å². The van der Waals surface area contributed by atoms with Crippen molar-refractivity contribution in [2.45, 2.75) is 6.04 Å². The van der Waals surface area contributed by atoms with Crippen molar-refractivity contribution in [1.29, 1.82) is 0 Å². The Balaban J connectivity index is 1.69. The van der Waals surface area contributed by atoms with E-state index in [9.17, 15) is 9.90 Å². The average Bonchev–Trinajstić information content (AvgIpc) is 2.97. The van der Waals surface area contributed by atoms with Crippen LogP contribution < -0.4 is 15.0 Å². The van der Waals surface area contributed by atoms with Crippen LogP contribution in [-0.4, -0.2) is 36.9 Å². The van der Waals surface area contributed by atoms with Gasteiger partial charge in [-0.15, -0.1) is 0 Å². The summed E-state index contributed by atoms with van der Waals surface area (Å²) in [5.41, 5.74) is 4.60. The Morgan fingerprint density at radius 3 is 2.39 bits per heavy atom. The molecule has 0 radical (unpaired) electrons. The summed E-state index contributed by atoms with van der Waals surface area (Å²) in [4.78, 5) is 20.4. The van der Waals surface area contributed by atoms with Gasteiger partial charge in [0.1, 0.15) is 17.2 Å². The van der Waals surface area contributed by atoms with E-state index in [0.717, 1.165) is 28.1 Å². The molecule has 0 fully saturated rings. The summed E-state index contributed by atoms with van der Waals surface area (Å²) in [5, 5.41) is 13.8. The molecule has 3 aromatic carbocycles. The highest BCUT2D eigenvalue weighted by molar-refractivity contribution is 6.31. The number of phenols is 1. The maximum atomic E-state index is 13.8. The summed E-state index contributed by atoms with van der Waals surface area (Å²) in [5.74, 6) is 0.748. The Labute approximate surface area is 196 Å². The fraction of sp³-hybridized carbons (Fsp3) is 0.154. The number of nitrogens with one attached hydrogen (secondary N) is 1. The lowest BCUT2D eigenvalue weighted by atomic mass is 9.91. The smallest absolute Gasteiger partial charge is 0.275 e. The molecular weight excluding hydrogens is 438 g/mol. The largest absolute Gasteiger partial charge is 0.508 e. The van der Waals surface area contributed by atoms with E-state index in [1.54, 1.807) is 24.1 Å². The summed E-state index contributed by atoms with van der Waals surface area (Å²) < 4.78 is 5.30. The molecule has 0 saturated heterocycles. The number of aromatic hydroxyl groups is 1. The summed E-state index contributed by atoms with van der Waals surface area (Å²) in [6, 6.07) is 21.4. The van der Waals surface area contributed by atoms with E-state index in [1.807, 2.05) is 60.7 Å². The maximum absolute atomic E-state index is 13.8. The second-order valence-corrected chi connectivity index (χ2v) is 8.26. The third-order valence-electron chi connectivity index (χ3n) is 5.85. The molecule has 7 heteroatoms. The number of rotatable bonds is 4. The summed E-state index contributed by atoms with van der Waals surface area (Å²) >= 11 is 6.12. The summed E-state index contributed by atoms with van der Waals surface area (Å²) in [6.45, 7) is 1.10. The van der Waals surface area contributed by atoms with Crippen LogP contribution in [0.1, 0.15) is 17.2 Å². The minimum absolute atomic E-state index is 0.128. The van der Waals surface area contributed by atoms with Crippen molar-refractivity contribution in [2.75, 3.05) is 25.1 Å². The van der Waals surface area contributed by atoms with Gasteiger partial charge in [-0.25, -0.2) is 0 Å². The van der Waals surface area contributed by atoms with E-state index in [2.05, 4.69) is 5.32 Å². The molecule has 2 aliphatic heterocycles. The lowest BCUT2D eigenvalue weighted by Crippen LogP contribution is -2.33. The molecule has 0 unspecified atom stereocenters. The highest BCUT2D eigenvalue weighted by Crippen LogP contribution is 2.43. The number of ether oxygens (including phenoxy) is 1. The number of carbonyl (C=O) groups excluding carboxylic acids is 1. The van der Waals surface area contributed by atoms with Crippen molar-refractivity contribution in [3.8, 4) is 11.5 Å². The molecule has 0 bridgehead atoms. The quantitative estimate of drug-likeness (QED) is 0.603. The van der Waals surface area contributed by atoms with E-state index in [0.29, 0.717) is 29.6 Å².